The summed E-state index contributed by atoms with van der Waals surface area (Å²) in [5, 5.41) is 5.08. The maximum atomic E-state index is 2.47. The summed E-state index contributed by atoms with van der Waals surface area (Å²) in [5.41, 5.74) is 15.4. The fraction of sp³-hybridized carbons (Fsp3) is 0.233. The molecule has 1 nitrogen and oxygen atoms in total. The van der Waals surface area contributed by atoms with Crippen molar-refractivity contribution in [1.29, 1.82) is 0 Å². The highest BCUT2D eigenvalue weighted by Gasteiger charge is 2.46. The minimum Gasteiger partial charge on any atom is -0.310 e. The van der Waals surface area contributed by atoms with E-state index >= 15 is 0 Å². The molecule has 10 rings (SSSR count). The van der Waals surface area contributed by atoms with E-state index in [1.54, 1.807) is 0 Å². The van der Waals surface area contributed by atoms with Crippen LogP contribution in [0, 0.1) is 5.92 Å². The Kier molecular flexibility index (Phi) is 21.2. The second-order valence-corrected chi connectivity index (χ2v) is 17.7. The molecule has 0 aromatic heterocycles. The molecule has 0 spiro atoms. The first-order valence-corrected chi connectivity index (χ1v) is 27.8. The number of allylic oxidation sites excluding steroid dienone is 6. The third kappa shape index (κ3) is 11.8. The van der Waals surface area contributed by atoms with E-state index < -0.39 is 5.41 Å². The van der Waals surface area contributed by atoms with E-state index in [2.05, 4.69) is 262 Å². The summed E-state index contributed by atoms with van der Waals surface area (Å²) in [4.78, 5) is 2.44. The number of anilines is 3. The third-order valence-corrected chi connectivity index (χ3v) is 13.8. The van der Waals surface area contributed by atoms with E-state index in [1.165, 1.54) is 96.5 Å². The van der Waals surface area contributed by atoms with Crippen LogP contribution in [0.2, 0.25) is 0 Å². The van der Waals surface area contributed by atoms with Gasteiger partial charge in [0.2, 0.25) is 0 Å². The lowest BCUT2D eigenvalue weighted by Gasteiger charge is -2.35. The fourth-order valence-corrected chi connectivity index (χ4v) is 10.5. The number of hydrogen-bond acceptors (Lipinski definition) is 1. The van der Waals surface area contributed by atoms with Crippen molar-refractivity contribution in [2.24, 2.45) is 5.92 Å². The average Bonchev–Trinajstić information content (AvgIpc) is 3.79. The van der Waals surface area contributed by atoms with Crippen LogP contribution < -0.4 is 4.90 Å². The first-order chi connectivity index (χ1) is 36.6. The summed E-state index contributed by atoms with van der Waals surface area (Å²) < 4.78 is 0. The van der Waals surface area contributed by atoms with Crippen molar-refractivity contribution in [2.45, 2.75) is 107 Å². The molecule has 1 aliphatic carbocycles. The van der Waals surface area contributed by atoms with E-state index in [0.717, 1.165) is 23.5 Å². The molecule has 378 valence electrons. The van der Waals surface area contributed by atoms with E-state index in [0.29, 0.717) is 5.92 Å². The first-order valence-electron chi connectivity index (χ1n) is 27.8. The van der Waals surface area contributed by atoms with Gasteiger partial charge in [-0.2, -0.15) is 0 Å². The summed E-state index contributed by atoms with van der Waals surface area (Å²) in [5.74, 6) is 0.535. The average molecular weight is 972 g/mol. The Morgan fingerprint density at radius 1 is 0.486 bits per heavy atom. The fourth-order valence-electron chi connectivity index (χ4n) is 10.5. The van der Waals surface area contributed by atoms with Crippen LogP contribution in [0.15, 0.2) is 237 Å². The monoisotopic (exact) mass is 972 g/mol. The lowest BCUT2D eigenvalue weighted by atomic mass is 9.67. The van der Waals surface area contributed by atoms with Gasteiger partial charge in [-0.25, -0.2) is 0 Å². The predicted octanol–water partition coefficient (Wildman–Crippen LogP) is 22.3. The van der Waals surface area contributed by atoms with Gasteiger partial charge in [0.15, 0.2) is 0 Å². The molecule has 0 saturated heterocycles. The molecule has 1 heteroatoms. The van der Waals surface area contributed by atoms with Gasteiger partial charge < -0.3 is 4.90 Å². The number of hydrogen-bond donors (Lipinski definition) is 0. The van der Waals surface area contributed by atoms with Crippen molar-refractivity contribution in [3.05, 3.63) is 264 Å². The number of nitrogens with zero attached hydrogens (tertiary/aromatic N) is 1. The van der Waals surface area contributed by atoms with Gasteiger partial charge in [0, 0.05) is 17.1 Å². The van der Waals surface area contributed by atoms with Crippen LogP contribution in [0.3, 0.4) is 0 Å². The highest BCUT2D eigenvalue weighted by Crippen LogP contribution is 2.57. The van der Waals surface area contributed by atoms with Crippen LogP contribution in [0.1, 0.15) is 130 Å². The Bertz CT molecular complexity index is 3170. The second kappa shape index (κ2) is 28.1. The Labute approximate surface area is 446 Å². The number of unbranched alkanes of at least 4 members (excludes halogenated alkanes) is 1. The molecule has 9 aromatic rings. The van der Waals surface area contributed by atoms with Crippen LogP contribution in [0.5, 0.6) is 0 Å². The summed E-state index contributed by atoms with van der Waals surface area (Å²) >= 11 is 0. The maximum absolute atomic E-state index is 2.47. The zero-order chi connectivity index (χ0) is 52.9. The van der Waals surface area contributed by atoms with Crippen molar-refractivity contribution in [1.82, 2.24) is 0 Å². The van der Waals surface area contributed by atoms with Crippen LogP contribution in [-0.4, -0.2) is 0 Å². The Morgan fingerprint density at radius 2 is 1.01 bits per heavy atom. The zero-order valence-corrected chi connectivity index (χ0v) is 46.4. The molecule has 0 radical (unpaired) electrons. The molecule has 0 amide bonds. The molecule has 0 heterocycles. The molecule has 1 atom stereocenters. The summed E-state index contributed by atoms with van der Waals surface area (Å²) in [7, 11) is 0. The van der Waals surface area contributed by atoms with E-state index in [4.69, 9.17) is 0 Å². The summed E-state index contributed by atoms with van der Waals surface area (Å²) in [6.07, 6.45) is 16.3. The van der Waals surface area contributed by atoms with Gasteiger partial charge in [-0.1, -0.05) is 269 Å². The topological polar surface area (TPSA) is 3.24 Å². The minimum absolute atomic E-state index is 0.501. The van der Waals surface area contributed by atoms with E-state index in [9.17, 15) is 0 Å². The molecule has 0 saturated carbocycles. The van der Waals surface area contributed by atoms with Crippen LogP contribution in [0.25, 0.3) is 49.4 Å². The van der Waals surface area contributed by atoms with E-state index in [1.807, 2.05) is 55.4 Å². The van der Waals surface area contributed by atoms with Gasteiger partial charge in [0.05, 0.1) is 5.41 Å². The Hall–Kier alpha value is -7.48. The van der Waals surface area contributed by atoms with Crippen molar-refractivity contribution in [3.63, 3.8) is 0 Å². The van der Waals surface area contributed by atoms with Crippen molar-refractivity contribution >= 4 is 44.2 Å². The molecule has 0 aliphatic heterocycles. The van der Waals surface area contributed by atoms with Gasteiger partial charge in [0.1, 0.15) is 0 Å². The predicted molar refractivity (Wildman–Crippen MR) is 330 cm³/mol. The number of fused-ring (bicyclic) bond motifs is 6. The van der Waals surface area contributed by atoms with Crippen molar-refractivity contribution in [2.75, 3.05) is 4.90 Å². The van der Waals surface area contributed by atoms with Crippen LogP contribution in [0.4, 0.5) is 17.1 Å². The molecule has 0 unspecified atom stereocenters. The Balaban J connectivity index is 0.00000106. The second-order valence-electron chi connectivity index (χ2n) is 17.7. The van der Waals surface area contributed by atoms with E-state index in [-0.39, 0.29) is 0 Å². The minimum atomic E-state index is -0.501. The van der Waals surface area contributed by atoms with Gasteiger partial charge >= 0.3 is 0 Å². The molecule has 0 N–H and O–H groups in total. The van der Waals surface area contributed by atoms with Crippen molar-refractivity contribution < 1.29 is 0 Å². The normalized spacial score (nSPS) is 12.5. The molecule has 0 fully saturated rings. The third-order valence-electron chi connectivity index (χ3n) is 13.8. The number of rotatable bonds is 14. The van der Waals surface area contributed by atoms with Gasteiger partial charge in [-0.15, -0.1) is 0 Å². The highest BCUT2D eigenvalue weighted by atomic mass is 15.1. The molecule has 9 aromatic carbocycles. The van der Waals surface area contributed by atoms with Crippen LogP contribution >= 0.6 is 0 Å². The molecule has 1 aliphatic rings. The first kappa shape index (κ1) is 55.8. The smallest absolute Gasteiger partial charge is 0.0714 e. The lowest BCUT2D eigenvalue weighted by molar-refractivity contribution is 0.561. The van der Waals surface area contributed by atoms with Crippen molar-refractivity contribution in [3.8, 4) is 22.3 Å². The number of benzene rings is 9. The molecule has 0 bridgehead atoms. The molecule has 74 heavy (non-hydrogen) atoms. The molecular formula is C73H81N. The van der Waals surface area contributed by atoms with Gasteiger partial charge in [0.25, 0.3) is 0 Å². The van der Waals surface area contributed by atoms with Gasteiger partial charge in [-0.05, 0) is 152 Å². The maximum Gasteiger partial charge on any atom is 0.0714 e. The zero-order valence-electron chi connectivity index (χ0n) is 46.4. The highest BCUT2D eigenvalue weighted by molar-refractivity contribution is 6.08. The van der Waals surface area contributed by atoms with Gasteiger partial charge in [-0.3, -0.25) is 0 Å². The Morgan fingerprint density at radius 3 is 1.64 bits per heavy atom. The standard InChI is InChI=1S/C65H57N.4C2H6/c1-4-7-19-47(20-8-5-2)29-30-48(6-3)49-35-39-56(40-36-49)66(57-41-37-50(38-42-57)53-34-33-52-32-31-51-21-15-16-26-59(51)62(52)45-53)58-43-44-61-60-27-17-18-28-63(60)65(64(61)46-58,54-22-11-9-12-23-54)55-24-13-10-14-25-55;4*1-2/h4,6-7,9-18,21-47H,5,8,19-20H2,1-3H3;4*1-2H3/b7-4-,30-29-,48-6+;;;;/t47-;;;;/m1..../s1. The van der Waals surface area contributed by atoms with Crippen LogP contribution in [-0.2, 0) is 5.41 Å². The SMILES string of the molecule is C/C=C\C[C@@H](/C=C\C(=C/C)c1ccc(N(c2ccc(-c3ccc4ccc5ccccc5c4c3)cc2)c2ccc3c(c2)C(c2ccccc2)(c2ccccc2)c2ccccc2-3)cc1)CCCC.CC.CC.CC.CC. The quantitative estimate of drug-likeness (QED) is 0.0596. The largest absolute Gasteiger partial charge is 0.310 e. The lowest BCUT2D eigenvalue weighted by Crippen LogP contribution is -2.28. The summed E-state index contributed by atoms with van der Waals surface area (Å²) in [6.45, 7) is 22.6. The molecular weight excluding hydrogens is 891 g/mol. The summed E-state index contributed by atoms with van der Waals surface area (Å²) in [6, 6.07) is 76.7.